The molecule has 2 saturated carbocycles. The molecule has 5 heteroatoms. The van der Waals surface area contributed by atoms with Gasteiger partial charge in [0.05, 0.1) is 5.56 Å². The molecule has 3 unspecified atom stereocenters. The second-order valence-corrected chi connectivity index (χ2v) is 6.36. The van der Waals surface area contributed by atoms with Crippen molar-refractivity contribution in [3.05, 3.63) is 29.6 Å². The van der Waals surface area contributed by atoms with Crippen LogP contribution >= 0.6 is 0 Å². The van der Waals surface area contributed by atoms with Gasteiger partial charge in [-0.05, 0) is 49.1 Å². The van der Waals surface area contributed by atoms with Crippen molar-refractivity contribution in [2.75, 3.05) is 13.6 Å². The second-order valence-electron chi connectivity index (χ2n) is 6.36. The van der Waals surface area contributed by atoms with Gasteiger partial charge in [0.2, 0.25) is 0 Å². The molecular weight excluding hydrogens is 268 g/mol. The van der Waals surface area contributed by atoms with E-state index >= 15 is 0 Å². The molecule has 3 rings (SSSR count). The van der Waals surface area contributed by atoms with E-state index < -0.39 is 5.97 Å². The maximum Gasteiger partial charge on any atom is 0.354 e. The Hall–Kier alpha value is -1.91. The zero-order valence-electron chi connectivity index (χ0n) is 12.2. The third-order valence-electron chi connectivity index (χ3n) is 4.97. The van der Waals surface area contributed by atoms with Gasteiger partial charge in [-0.3, -0.25) is 4.79 Å². The molecule has 5 nitrogen and oxygen atoms in total. The molecule has 3 atom stereocenters. The minimum atomic E-state index is -1.08. The largest absolute Gasteiger partial charge is 0.477 e. The number of hydrogen-bond acceptors (Lipinski definition) is 3. The Labute approximate surface area is 124 Å². The lowest BCUT2D eigenvalue weighted by atomic mass is 9.88. The highest BCUT2D eigenvalue weighted by Gasteiger charge is 2.40. The number of rotatable bonds is 4. The first-order valence-electron chi connectivity index (χ1n) is 7.49. The second kappa shape index (κ2) is 5.47. The molecule has 0 radical (unpaired) electrons. The highest BCUT2D eigenvalue weighted by Crippen LogP contribution is 2.48. The predicted molar refractivity (Wildman–Crippen MR) is 77.1 cm³/mol. The van der Waals surface area contributed by atoms with Gasteiger partial charge in [-0.2, -0.15) is 0 Å². The molecule has 0 aliphatic heterocycles. The van der Waals surface area contributed by atoms with Crippen LogP contribution in [-0.2, 0) is 0 Å². The smallest absolute Gasteiger partial charge is 0.354 e. The molecule has 0 saturated heterocycles. The molecule has 1 aromatic rings. The van der Waals surface area contributed by atoms with Crippen molar-refractivity contribution in [3.8, 4) is 0 Å². The standard InChI is InChI=1S/C16H20N2O3/c1-18(9-13-7-10-2-3-11(13)6-10)15(19)12-4-5-14(16(20)21)17-8-12/h4-5,8,10-11,13H,2-3,6-7,9H2,1H3,(H,20,21). The van der Waals surface area contributed by atoms with Gasteiger partial charge >= 0.3 is 5.97 Å². The molecule has 2 fully saturated rings. The van der Waals surface area contributed by atoms with E-state index in [1.54, 1.807) is 4.90 Å². The van der Waals surface area contributed by atoms with Gasteiger partial charge in [0.1, 0.15) is 5.69 Å². The lowest BCUT2D eigenvalue weighted by Gasteiger charge is -2.27. The van der Waals surface area contributed by atoms with Gasteiger partial charge in [-0.15, -0.1) is 0 Å². The molecule has 21 heavy (non-hydrogen) atoms. The van der Waals surface area contributed by atoms with Gasteiger partial charge in [-0.1, -0.05) is 6.42 Å². The van der Waals surface area contributed by atoms with Gasteiger partial charge < -0.3 is 10.0 Å². The van der Waals surface area contributed by atoms with E-state index in [9.17, 15) is 9.59 Å². The van der Waals surface area contributed by atoms with Crippen molar-refractivity contribution in [1.29, 1.82) is 0 Å². The highest BCUT2D eigenvalue weighted by molar-refractivity contribution is 5.94. The first-order valence-corrected chi connectivity index (χ1v) is 7.49. The molecule has 0 spiro atoms. The summed E-state index contributed by atoms with van der Waals surface area (Å²) in [5, 5.41) is 8.82. The van der Waals surface area contributed by atoms with Crippen LogP contribution in [0, 0.1) is 17.8 Å². The number of carbonyl (C=O) groups is 2. The van der Waals surface area contributed by atoms with Crippen molar-refractivity contribution in [2.45, 2.75) is 25.7 Å². The van der Waals surface area contributed by atoms with E-state index in [1.165, 1.54) is 44.0 Å². The van der Waals surface area contributed by atoms with E-state index in [1.807, 2.05) is 7.05 Å². The Balaban J connectivity index is 1.62. The van der Waals surface area contributed by atoms with E-state index in [0.29, 0.717) is 11.5 Å². The van der Waals surface area contributed by atoms with Crippen LogP contribution in [-0.4, -0.2) is 40.5 Å². The fourth-order valence-electron chi connectivity index (χ4n) is 3.90. The summed E-state index contributed by atoms with van der Waals surface area (Å²) >= 11 is 0. The molecular formula is C16H20N2O3. The SMILES string of the molecule is CN(CC1CC2CCC1C2)C(=O)c1ccc(C(=O)O)nc1. The molecule has 0 aromatic carbocycles. The third-order valence-corrected chi connectivity index (χ3v) is 4.97. The van der Waals surface area contributed by atoms with E-state index in [0.717, 1.165) is 18.4 Å². The summed E-state index contributed by atoms with van der Waals surface area (Å²) < 4.78 is 0. The van der Waals surface area contributed by atoms with Gasteiger partial charge in [0, 0.05) is 19.8 Å². The molecule has 2 aliphatic carbocycles. The number of pyridine rings is 1. The normalized spacial score (nSPS) is 26.8. The minimum Gasteiger partial charge on any atom is -0.477 e. The molecule has 2 aliphatic rings. The van der Waals surface area contributed by atoms with Crippen molar-refractivity contribution in [3.63, 3.8) is 0 Å². The molecule has 112 valence electrons. The Bertz CT molecular complexity index is 555. The highest BCUT2D eigenvalue weighted by atomic mass is 16.4. The minimum absolute atomic E-state index is 0.0395. The number of aromatic nitrogens is 1. The average Bonchev–Trinajstić information content (AvgIpc) is 3.09. The number of carbonyl (C=O) groups excluding carboxylic acids is 1. The van der Waals surface area contributed by atoms with Crippen molar-refractivity contribution in [2.24, 2.45) is 17.8 Å². The van der Waals surface area contributed by atoms with Crippen LogP contribution < -0.4 is 0 Å². The maximum atomic E-state index is 12.4. The zero-order chi connectivity index (χ0) is 15.0. The topological polar surface area (TPSA) is 70.5 Å². The van der Waals surface area contributed by atoms with E-state index in [-0.39, 0.29) is 11.6 Å². The average molecular weight is 288 g/mol. The van der Waals surface area contributed by atoms with Crippen LogP contribution in [0.25, 0.3) is 0 Å². The fourth-order valence-corrected chi connectivity index (χ4v) is 3.90. The molecule has 1 amide bonds. The number of aromatic carboxylic acids is 1. The molecule has 1 heterocycles. The Morgan fingerprint density at radius 3 is 2.67 bits per heavy atom. The van der Waals surface area contributed by atoms with Crippen LogP contribution in [0.1, 0.15) is 46.5 Å². The Morgan fingerprint density at radius 2 is 2.14 bits per heavy atom. The van der Waals surface area contributed by atoms with Crippen molar-refractivity contribution < 1.29 is 14.7 Å². The number of carboxylic acid groups (broad SMARTS) is 1. The Morgan fingerprint density at radius 1 is 1.33 bits per heavy atom. The van der Waals surface area contributed by atoms with Crippen LogP contribution in [0.5, 0.6) is 0 Å². The van der Waals surface area contributed by atoms with Crippen molar-refractivity contribution >= 4 is 11.9 Å². The van der Waals surface area contributed by atoms with E-state index in [2.05, 4.69) is 4.98 Å². The number of fused-ring (bicyclic) bond motifs is 2. The lowest BCUT2D eigenvalue weighted by Crippen LogP contribution is -2.33. The maximum absolute atomic E-state index is 12.4. The monoisotopic (exact) mass is 288 g/mol. The van der Waals surface area contributed by atoms with Crippen LogP contribution in [0.2, 0.25) is 0 Å². The summed E-state index contributed by atoms with van der Waals surface area (Å²) in [6.07, 6.45) is 6.61. The quantitative estimate of drug-likeness (QED) is 0.922. The number of hydrogen-bond donors (Lipinski definition) is 1. The first kappa shape index (κ1) is 14.0. The van der Waals surface area contributed by atoms with Gasteiger partial charge in [0.15, 0.2) is 0 Å². The van der Waals surface area contributed by atoms with Crippen molar-refractivity contribution in [1.82, 2.24) is 9.88 Å². The third kappa shape index (κ3) is 2.77. The van der Waals surface area contributed by atoms with Gasteiger partial charge in [-0.25, -0.2) is 9.78 Å². The van der Waals surface area contributed by atoms with Gasteiger partial charge in [0.25, 0.3) is 5.91 Å². The number of carboxylic acids is 1. The number of amides is 1. The first-order chi connectivity index (χ1) is 10.0. The van der Waals surface area contributed by atoms with E-state index in [4.69, 9.17) is 5.11 Å². The zero-order valence-corrected chi connectivity index (χ0v) is 12.2. The lowest BCUT2D eigenvalue weighted by molar-refractivity contribution is 0.0687. The van der Waals surface area contributed by atoms with Crippen LogP contribution in [0.3, 0.4) is 0 Å². The summed E-state index contributed by atoms with van der Waals surface area (Å²) in [5.41, 5.74) is 0.410. The summed E-state index contributed by atoms with van der Waals surface area (Å²) in [7, 11) is 1.82. The molecule has 2 bridgehead atoms. The van der Waals surface area contributed by atoms with Crippen LogP contribution in [0.15, 0.2) is 18.3 Å². The van der Waals surface area contributed by atoms with Crippen LogP contribution in [0.4, 0.5) is 0 Å². The Kier molecular flexibility index (Phi) is 3.66. The predicted octanol–water partition coefficient (Wildman–Crippen LogP) is 2.29. The number of nitrogens with zero attached hydrogens (tertiary/aromatic N) is 2. The fraction of sp³-hybridized carbons (Fsp3) is 0.562. The summed E-state index contributed by atoms with van der Waals surface area (Å²) in [4.78, 5) is 28.7. The summed E-state index contributed by atoms with van der Waals surface area (Å²) in [6.45, 7) is 0.792. The molecule has 1 aromatic heterocycles. The summed E-state index contributed by atoms with van der Waals surface area (Å²) in [6, 6.07) is 2.91. The molecule has 1 N–H and O–H groups in total. The summed E-state index contributed by atoms with van der Waals surface area (Å²) in [5.74, 6) is 1.13.